The van der Waals surface area contributed by atoms with Crippen molar-refractivity contribution in [3.8, 4) is 11.5 Å². The number of oxime groups is 1. The Kier molecular flexibility index (Phi) is 3.59. The predicted molar refractivity (Wildman–Crippen MR) is 67.3 cm³/mol. The minimum atomic E-state index is -0.909. The fraction of sp³-hybridized carbons (Fsp3) is 0.385. The minimum Gasteiger partial charge on any atom is -0.497 e. The molecule has 0 fully saturated rings. The summed E-state index contributed by atoms with van der Waals surface area (Å²) in [5.74, 6) is -0.409. The van der Waals surface area contributed by atoms with E-state index in [9.17, 15) is 4.79 Å². The smallest absolute Gasteiger partial charge is 0.307 e. The van der Waals surface area contributed by atoms with E-state index in [2.05, 4.69) is 5.16 Å². The van der Waals surface area contributed by atoms with Crippen LogP contribution in [-0.2, 0) is 11.2 Å². The molecule has 1 unspecified atom stereocenters. The van der Waals surface area contributed by atoms with E-state index < -0.39 is 11.9 Å². The van der Waals surface area contributed by atoms with Gasteiger partial charge in [0.05, 0.1) is 25.8 Å². The van der Waals surface area contributed by atoms with Crippen LogP contribution in [0.2, 0.25) is 0 Å². The number of carboxylic acids is 1. The van der Waals surface area contributed by atoms with Gasteiger partial charge in [0, 0.05) is 18.1 Å². The first kappa shape index (κ1) is 13.2. The zero-order chi connectivity index (χ0) is 14.0. The van der Waals surface area contributed by atoms with Gasteiger partial charge < -0.3 is 19.8 Å². The third-order valence-electron chi connectivity index (χ3n) is 3.28. The molecule has 1 aromatic carbocycles. The molecule has 1 aliphatic carbocycles. The van der Waals surface area contributed by atoms with Crippen LogP contribution in [0.4, 0.5) is 0 Å². The maximum absolute atomic E-state index is 11.1. The highest BCUT2D eigenvalue weighted by Gasteiger charge is 2.31. The average Bonchev–Trinajstić information content (AvgIpc) is 2.44. The molecule has 1 atom stereocenters. The van der Waals surface area contributed by atoms with Crippen LogP contribution in [0.15, 0.2) is 17.3 Å². The fourth-order valence-electron chi connectivity index (χ4n) is 2.35. The molecule has 6 heteroatoms. The van der Waals surface area contributed by atoms with Crippen LogP contribution in [0.3, 0.4) is 0 Å². The van der Waals surface area contributed by atoms with Gasteiger partial charge >= 0.3 is 5.97 Å². The van der Waals surface area contributed by atoms with Gasteiger partial charge in [-0.1, -0.05) is 5.16 Å². The Balaban J connectivity index is 2.57. The molecule has 0 bridgehead atoms. The van der Waals surface area contributed by atoms with E-state index in [1.165, 1.54) is 14.2 Å². The zero-order valence-corrected chi connectivity index (χ0v) is 10.7. The van der Waals surface area contributed by atoms with Crippen molar-refractivity contribution in [1.29, 1.82) is 0 Å². The van der Waals surface area contributed by atoms with Crippen molar-refractivity contribution < 1.29 is 24.6 Å². The van der Waals surface area contributed by atoms with E-state index in [4.69, 9.17) is 19.8 Å². The van der Waals surface area contributed by atoms with Gasteiger partial charge in [-0.3, -0.25) is 4.79 Å². The summed E-state index contributed by atoms with van der Waals surface area (Å²) >= 11 is 0. The molecule has 102 valence electrons. The van der Waals surface area contributed by atoms with E-state index in [1.54, 1.807) is 12.1 Å². The van der Waals surface area contributed by atoms with Crippen LogP contribution < -0.4 is 9.47 Å². The van der Waals surface area contributed by atoms with Gasteiger partial charge in [0.1, 0.15) is 11.5 Å². The second-order valence-corrected chi connectivity index (χ2v) is 4.35. The first-order chi connectivity index (χ1) is 9.10. The number of methoxy groups -OCH3 is 2. The molecule has 2 rings (SSSR count). The molecule has 6 nitrogen and oxygen atoms in total. The topological polar surface area (TPSA) is 88.4 Å². The molecule has 0 radical (unpaired) electrons. The van der Waals surface area contributed by atoms with Gasteiger partial charge in [-0.25, -0.2) is 0 Å². The number of fused-ring (bicyclic) bond motifs is 1. The molecular weight excluding hydrogens is 250 g/mol. The standard InChI is InChI=1S/C13H15NO5/c1-18-9-4-7-3-8(13(15)16)5-10(14-17)12(7)11(6-9)19-2/h4,6,8,17H,3,5H2,1-2H3,(H,15,16)/b14-10-. The van der Waals surface area contributed by atoms with E-state index >= 15 is 0 Å². The van der Waals surface area contributed by atoms with Crippen LogP contribution in [0.1, 0.15) is 17.5 Å². The van der Waals surface area contributed by atoms with Gasteiger partial charge in [0.2, 0.25) is 0 Å². The molecule has 0 spiro atoms. The maximum atomic E-state index is 11.1. The van der Waals surface area contributed by atoms with Crippen LogP contribution >= 0.6 is 0 Å². The Morgan fingerprint density at radius 2 is 2.05 bits per heavy atom. The maximum Gasteiger partial charge on any atom is 0.307 e. The number of aliphatic carboxylic acids is 1. The van der Waals surface area contributed by atoms with Crippen molar-refractivity contribution >= 4 is 11.7 Å². The van der Waals surface area contributed by atoms with Gasteiger partial charge in [-0.15, -0.1) is 0 Å². The van der Waals surface area contributed by atoms with Crippen LogP contribution in [0.25, 0.3) is 0 Å². The van der Waals surface area contributed by atoms with Crippen LogP contribution in [0.5, 0.6) is 11.5 Å². The molecule has 0 aliphatic heterocycles. The third kappa shape index (κ3) is 2.33. The molecule has 0 amide bonds. The number of hydrogen-bond acceptors (Lipinski definition) is 5. The van der Waals surface area contributed by atoms with E-state index in [1.807, 2.05) is 0 Å². The molecular formula is C13H15NO5. The van der Waals surface area contributed by atoms with Crippen molar-refractivity contribution in [2.75, 3.05) is 14.2 Å². The van der Waals surface area contributed by atoms with Gasteiger partial charge in [0.15, 0.2) is 0 Å². The Morgan fingerprint density at radius 3 is 2.58 bits per heavy atom. The Bertz CT molecular complexity index is 538. The third-order valence-corrected chi connectivity index (χ3v) is 3.28. The first-order valence-corrected chi connectivity index (χ1v) is 5.79. The second-order valence-electron chi connectivity index (χ2n) is 4.35. The van der Waals surface area contributed by atoms with Crippen molar-refractivity contribution in [3.05, 3.63) is 23.3 Å². The molecule has 19 heavy (non-hydrogen) atoms. The van der Waals surface area contributed by atoms with Gasteiger partial charge in [0.25, 0.3) is 0 Å². The lowest BCUT2D eigenvalue weighted by atomic mass is 9.82. The number of ether oxygens (including phenoxy) is 2. The van der Waals surface area contributed by atoms with E-state index in [0.29, 0.717) is 29.2 Å². The van der Waals surface area contributed by atoms with Crippen LogP contribution in [0, 0.1) is 5.92 Å². The van der Waals surface area contributed by atoms with Crippen molar-refractivity contribution in [2.24, 2.45) is 11.1 Å². The summed E-state index contributed by atoms with van der Waals surface area (Å²) in [4.78, 5) is 11.1. The normalized spacial score (nSPS) is 19.9. The molecule has 0 aromatic heterocycles. The highest BCUT2D eigenvalue weighted by atomic mass is 16.5. The largest absolute Gasteiger partial charge is 0.497 e. The van der Waals surface area contributed by atoms with Crippen molar-refractivity contribution in [2.45, 2.75) is 12.8 Å². The molecule has 1 aliphatic rings. The second kappa shape index (κ2) is 5.17. The molecule has 0 saturated heterocycles. The van der Waals surface area contributed by atoms with Crippen LogP contribution in [-0.4, -0.2) is 36.2 Å². The van der Waals surface area contributed by atoms with E-state index in [-0.39, 0.29) is 6.42 Å². The lowest BCUT2D eigenvalue weighted by Crippen LogP contribution is -2.27. The van der Waals surface area contributed by atoms with Crippen molar-refractivity contribution in [3.63, 3.8) is 0 Å². The van der Waals surface area contributed by atoms with Gasteiger partial charge in [-0.2, -0.15) is 0 Å². The number of nitrogens with zero attached hydrogens (tertiary/aromatic N) is 1. The fourth-order valence-corrected chi connectivity index (χ4v) is 2.35. The summed E-state index contributed by atoms with van der Waals surface area (Å²) in [6.45, 7) is 0. The summed E-state index contributed by atoms with van der Waals surface area (Å²) in [7, 11) is 3.03. The quantitative estimate of drug-likeness (QED) is 0.639. The first-order valence-electron chi connectivity index (χ1n) is 5.79. The summed E-state index contributed by atoms with van der Waals surface area (Å²) in [5.41, 5.74) is 1.74. The average molecular weight is 265 g/mol. The Hall–Kier alpha value is -2.24. The molecule has 1 aromatic rings. The van der Waals surface area contributed by atoms with Crippen molar-refractivity contribution in [1.82, 2.24) is 0 Å². The summed E-state index contributed by atoms with van der Waals surface area (Å²) in [6.07, 6.45) is 0.540. The molecule has 0 saturated carbocycles. The minimum absolute atomic E-state index is 0.182. The number of benzene rings is 1. The number of carbonyl (C=O) groups is 1. The Morgan fingerprint density at radius 1 is 1.32 bits per heavy atom. The lowest BCUT2D eigenvalue weighted by molar-refractivity contribution is -0.141. The van der Waals surface area contributed by atoms with Gasteiger partial charge in [-0.05, 0) is 18.1 Å². The molecule has 0 heterocycles. The summed E-state index contributed by atoms with van der Waals surface area (Å²) in [5, 5.41) is 21.4. The number of hydrogen-bond donors (Lipinski definition) is 2. The Labute approximate surface area is 110 Å². The SMILES string of the molecule is COc1cc2c(c(OC)c1)/C(=N\O)CC(C(=O)O)C2. The highest BCUT2D eigenvalue weighted by molar-refractivity contribution is 6.06. The number of rotatable bonds is 3. The molecule has 2 N–H and O–H groups in total. The lowest BCUT2D eigenvalue weighted by Gasteiger charge is -2.24. The van der Waals surface area contributed by atoms with E-state index in [0.717, 1.165) is 5.56 Å². The highest BCUT2D eigenvalue weighted by Crippen LogP contribution is 2.36. The monoisotopic (exact) mass is 265 g/mol. The predicted octanol–water partition coefficient (Wildman–Crippen LogP) is 1.53. The summed E-state index contributed by atoms with van der Waals surface area (Å²) in [6, 6.07) is 3.43. The zero-order valence-electron chi connectivity index (χ0n) is 10.7. The number of carboxylic acid groups (broad SMARTS) is 1. The summed E-state index contributed by atoms with van der Waals surface area (Å²) < 4.78 is 10.4.